The van der Waals surface area contributed by atoms with E-state index in [1.54, 1.807) is 0 Å². The van der Waals surface area contributed by atoms with Gasteiger partial charge in [-0.25, -0.2) is 4.98 Å². The molecule has 0 spiro atoms. The summed E-state index contributed by atoms with van der Waals surface area (Å²) in [5, 5.41) is 0.293. The second-order valence-electron chi connectivity index (χ2n) is 5.37. The third kappa shape index (κ3) is 2.92. The van der Waals surface area contributed by atoms with Crippen molar-refractivity contribution >= 4 is 28.6 Å². The van der Waals surface area contributed by atoms with Gasteiger partial charge < -0.3 is 4.42 Å². The smallest absolute Gasteiger partial charge is 0.257 e. The van der Waals surface area contributed by atoms with E-state index >= 15 is 0 Å². The van der Waals surface area contributed by atoms with E-state index in [0.29, 0.717) is 5.22 Å². The minimum Gasteiger partial charge on any atom is -0.431 e. The van der Waals surface area contributed by atoms with Crippen molar-refractivity contribution in [1.29, 1.82) is 0 Å². The number of benzene rings is 2. The molecule has 0 unspecified atom stereocenters. The van der Waals surface area contributed by atoms with Crippen LogP contribution in [-0.4, -0.2) is 16.0 Å². The number of rotatable bonds is 4. The molecule has 4 heteroatoms. The molecule has 1 heterocycles. The molecule has 0 aliphatic rings. The van der Waals surface area contributed by atoms with E-state index in [0.717, 1.165) is 22.2 Å². The minimum atomic E-state index is -0.241. The second-order valence-corrected chi connectivity index (χ2v) is 6.66. The number of para-hydroxylation sites is 2. The summed E-state index contributed by atoms with van der Waals surface area (Å²) >= 11 is 1.35. The average Bonchev–Trinajstić information content (AvgIpc) is 2.91. The van der Waals surface area contributed by atoms with E-state index in [4.69, 9.17) is 4.42 Å². The van der Waals surface area contributed by atoms with E-state index in [1.807, 2.05) is 63.2 Å². The summed E-state index contributed by atoms with van der Waals surface area (Å²) in [6.07, 6.45) is 0. The van der Waals surface area contributed by atoms with E-state index in [2.05, 4.69) is 4.98 Å². The number of ketones is 1. The van der Waals surface area contributed by atoms with Crippen LogP contribution in [0.4, 0.5) is 0 Å². The summed E-state index contributed by atoms with van der Waals surface area (Å²) in [5.74, 6) is 0.0929. The molecule has 0 aliphatic heterocycles. The van der Waals surface area contributed by atoms with Gasteiger partial charge in [0.05, 0.1) is 5.25 Å². The molecule has 0 radical (unpaired) electrons. The lowest BCUT2D eigenvalue weighted by Crippen LogP contribution is -2.13. The molecule has 0 saturated carbocycles. The van der Waals surface area contributed by atoms with Gasteiger partial charge in [-0.1, -0.05) is 36.0 Å². The number of Topliss-reactive ketones (excluding diaryl/α,β-unsaturated/α-hetero) is 1. The van der Waals surface area contributed by atoms with Crippen LogP contribution in [0.3, 0.4) is 0 Å². The highest BCUT2D eigenvalue weighted by atomic mass is 32.2. The van der Waals surface area contributed by atoms with E-state index < -0.39 is 0 Å². The molecule has 0 N–H and O–H groups in total. The van der Waals surface area contributed by atoms with Gasteiger partial charge in [0.25, 0.3) is 5.22 Å². The van der Waals surface area contributed by atoms with Gasteiger partial charge in [-0.15, -0.1) is 0 Å². The van der Waals surface area contributed by atoms with Gasteiger partial charge in [0.2, 0.25) is 0 Å². The number of carbonyl (C=O) groups is 1. The minimum absolute atomic E-state index is 0.0929. The number of thioether (sulfide) groups is 1. The molecule has 112 valence electrons. The zero-order valence-electron chi connectivity index (χ0n) is 12.8. The molecule has 3 nitrogen and oxygen atoms in total. The van der Waals surface area contributed by atoms with Crippen LogP contribution >= 0.6 is 11.8 Å². The predicted octanol–water partition coefficient (Wildman–Crippen LogP) is 4.81. The second kappa shape index (κ2) is 5.97. The lowest BCUT2D eigenvalue weighted by Gasteiger charge is -2.09. The van der Waals surface area contributed by atoms with E-state index in [1.165, 1.54) is 17.3 Å². The Labute approximate surface area is 133 Å². The van der Waals surface area contributed by atoms with Gasteiger partial charge in [-0.05, 0) is 50.1 Å². The van der Waals surface area contributed by atoms with Gasteiger partial charge in [0.15, 0.2) is 11.4 Å². The number of aryl methyl sites for hydroxylation is 2. The number of fused-ring (bicyclic) bond motifs is 1. The maximum Gasteiger partial charge on any atom is 0.257 e. The Kier molecular flexibility index (Phi) is 4.03. The van der Waals surface area contributed by atoms with Crippen LogP contribution in [-0.2, 0) is 0 Å². The van der Waals surface area contributed by atoms with Crippen LogP contribution in [0.1, 0.15) is 28.4 Å². The van der Waals surface area contributed by atoms with Crippen LogP contribution in [0.5, 0.6) is 0 Å². The highest BCUT2D eigenvalue weighted by molar-refractivity contribution is 8.00. The molecule has 22 heavy (non-hydrogen) atoms. The SMILES string of the molecule is Cc1ccc(C(=O)[C@@H](C)Sc2nc3ccccc3o2)cc1C. The maximum atomic E-state index is 12.5. The lowest BCUT2D eigenvalue weighted by molar-refractivity contribution is 0.0993. The molecule has 3 rings (SSSR count). The number of nitrogens with zero attached hydrogens (tertiary/aromatic N) is 1. The van der Waals surface area contributed by atoms with Crippen molar-refractivity contribution in [3.63, 3.8) is 0 Å². The first-order chi connectivity index (χ1) is 10.5. The average molecular weight is 311 g/mol. The Hall–Kier alpha value is -2.07. The molecule has 3 aromatic rings. The van der Waals surface area contributed by atoms with Crippen LogP contribution in [0.15, 0.2) is 52.1 Å². The van der Waals surface area contributed by atoms with Crippen LogP contribution in [0.25, 0.3) is 11.1 Å². The number of oxazole rings is 1. The van der Waals surface area contributed by atoms with Crippen molar-refractivity contribution in [1.82, 2.24) is 4.98 Å². The standard InChI is InChI=1S/C18H17NO2S/c1-11-8-9-14(10-12(11)2)17(20)13(3)22-18-19-15-6-4-5-7-16(15)21-18/h4-10,13H,1-3H3/t13-/m1/s1. The molecule has 2 aromatic carbocycles. The number of aromatic nitrogens is 1. The quantitative estimate of drug-likeness (QED) is 0.512. The van der Waals surface area contributed by atoms with Crippen molar-refractivity contribution in [3.05, 3.63) is 59.2 Å². The van der Waals surface area contributed by atoms with Crippen LogP contribution in [0, 0.1) is 13.8 Å². The first-order valence-corrected chi connectivity index (χ1v) is 8.06. The zero-order valence-corrected chi connectivity index (χ0v) is 13.6. The highest BCUT2D eigenvalue weighted by Crippen LogP contribution is 2.28. The molecular weight excluding hydrogens is 294 g/mol. The zero-order chi connectivity index (χ0) is 15.7. The Bertz CT molecular complexity index is 805. The van der Waals surface area contributed by atoms with Crippen molar-refractivity contribution in [2.75, 3.05) is 0 Å². The van der Waals surface area contributed by atoms with E-state index in [9.17, 15) is 4.79 Å². The third-order valence-electron chi connectivity index (χ3n) is 3.71. The molecule has 1 atom stereocenters. The number of hydrogen-bond donors (Lipinski definition) is 0. The van der Waals surface area contributed by atoms with Crippen molar-refractivity contribution in [2.24, 2.45) is 0 Å². The predicted molar refractivity (Wildman–Crippen MR) is 89.6 cm³/mol. The van der Waals surface area contributed by atoms with Gasteiger partial charge in [0.1, 0.15) is 5.52 Å². The Balaban J connectivity index is 1.79. The van der Waals surface area contributed by atoms with Crippen LogP contribution in [0.2, 0.25) is 0 Å². The molecule has 0 fully saturated rings. The summed E-state index contributed by atoms with van der Waals surface area (Å²) in [4.78, 5) is 16.9. The monoisotopic (exact) mass is 311 g/mol. The number of carbonyl (C=O) groups excluding carboxylic acids is 1. The molecular formula is C18H17NO2S. The number of hydrogen-bond acceptors (Lipinski definition) is 4. The first kappa shape index (κ1) is 14.9. The maximum absolute atomic E-state index is 12.5. The fourth-order valence-electron chi connectivity index (χ4n) is 2.24. The first-order valence-electron chi connectivity index (χ1n) is 7.18. The fourth-order valence-corrected chi connectivity index (χ4v) is 3.07. The van der Waals surface area contributed by atoms with Crippen molar-refractivity contribution in [2.45, 2.75) is 31.2 Å². The topological polar surface area (TPSA) is 43.1 Å². The summed E-state index contributed by atoms with van der Waals surface area (Å²) in [6.45, 7) is 5.95. The molecule has 0 aliphatic carbocycles. The third-order valence-corrected chi connectivity index (χ3v) is 4.66. The largest absolute Gasteiger partial charge is 0.431 e. The van der Waals surface area contributed by atoms with Crippen LogP contribution < -0.4 is 0 Å². The van der Waals surface area contributed by atoms with Crippen molar-refractivity contribution in [3.8, 4) is 0 Å². The van der Waals surface area contributed by atoms with Gasteiger partial charge >= 0.3 is 0 Å². The molecule has 0 bridgehead atoms. The van der Waals surface area contributed by atoms with E-state index in [-0.39, 0.29) is 11.0 Å². The normalized spacial score (nSPS) is 12.5. The summed E-state index contributed by atoms with van der Waals surface area (Å²) in [7, 11) is 0. The molecule has 0 saturated heterocycles. The van der Waals surface area contributed by atoms with Gasteiger partial charge in [-0.2, -0.15) is 0 Å². The van der Waals surface area contributed by atoms with Crippen molar-refractivity contribution < 1.29 is 9.21 Å². The summed E-state index contributed by atoms with van der Waals surface area (Å²) in [5.41, 5.74) is 4.62. The molecule has 0 amide bonds. The summed E-state index contributed by atoms with van der Waals surface area (Å²) in [6, 6.07) is 13.4. The lowest BCUT2D eigenvalue weighted by atomic mass is 10.0. The Morgan fingerprint density at radius 1 is 1.14 bits per heavy atom. The fraction of sp³-hybridized carbons (Fsp3) is 0.222. The summed E-state index contributed by atoms with van der Waals surface area (Å²) < 4.78 is 5.67. The van der Waals surface area contributed by atoms with Gasteiger partial charge in [0, 0.05) is 5.56 Å². The van der Waals surface area contributed by atoms with Gasteiger partial charge in [-0.3, -0.25) is 4.79 Å². The Morgan fingerprint density at radius 2 is 1.91 bits per heavy atom. The Morgan fingerprint density at radius 3 is 2.64 bits per heavy atom. The molecule has 1 aromatic heterocycles. The highest BCUT2D eigenvalue weighted by Gasteiger charge is 2.19.